The number of hydrogen-bond donors (Lipinski definition) is 2. The monoisotopic (exact) mass is 315 g/mol. The zero-order valence-corrected chi connectivity index (χ0v) is 12.7. The number of amides is 1. The Morgan fingerprint density at radius 1 is 1.36 bits per heavy atom. The summed E-state index contributed by atoms with van der Waals surface area (Å²) in [6.07, 6.45) is 3.16. The van der Waals surface area contributed by atoms with Crippen LogP contribution < -0.4 is 10.6 Å². The lowest BCUT2D eigenvalue weighted by atomic mass is 10.2. The van der Waals surface area contributed by atoms with Crippen LogP contribution in [0.25, 0.3) is 0 Å². The second-order valence-corrected chi connectivity index (χ2v) is 4.91. The standard InChI is InChI=1S/C15H14ClN5O/c1-10-11(16)3-2-4-12(10)21-14(22)5-6-19-15-13(9-17)18-7-8-20-15/h2-4,7-8H,5-6H2,1H3,(H,19,20)(H,21,22). The number of nitrogens with one attached hydrogen (secondary N) is 2. The van der Waals surface area contributed by atoms with E-state index in [1.807, 2.05) is 13.0 Å². The molecule has 0 unspecified atom stereocenters. The molecule has 1 aromatic heterocycles. The van der Waals surface area contributed by atoms with Gasteiger partial charge in [0.15, 0.2) is 11.5 Å². The molecule has 0 bridgehead atoms. The van der Waals surface area contributed by atoms with E-state index in [0.717, 1.165) is 5.56 Å². The second-order valence-electron chi connectivity index (χ2n) is 4.50. The van der Waals surface area contributed by atoms with Crippen molar-refractivity contribution in [3.8, 4) is 6.07 Å². The van der Waals surface area contributed by atoms with Crippen LogP contribution in [0.1, 0.15) is 17.7 Å². The first-order valence-electron chi connectivity index (χ1n) is 6.61. The molecule has 0 aliphatic rings. The molecule has 0 radical (unpaired) electrons. The number of nitrogens with zero attached hydrogens (tertiary/aromatic N) is 3. The largest absolute Gasteiger partial charge is 0.367 e. The van der Waals surface area contributed by atoms with Crippen LogP contribution in [0.15, 0.2) is 30.6 Å². The number of halogens is 1. The van der Waals surface area contributed by atoms with Crippen molar-refractivity contribution in [2.45, 2.75) is 13.3 Å². The number of carbonyl (C=O) groups is 1. The van der Waals surface area contributed by atoms with Crippen molar-refractivity contribution in [3.05, 3.63) is 46.9 Å². The summed E-state index contributed by atoms with van der Waals surface area (Å²) < 4.78 is 0. The fourth-order valence-electron chi connectivity index (χ4n) is 1.80. The van der Waals surface area contributed by atoms with Crippen molar-refractivity contribution >= 4 is 29.0 Å². The van der Waals surface area contributed by atoms with Crippen LogP contribution in [0.4, 0.5) is 11.5 Å². The Bertz CT molecular complexity index is 726. The Balaban J connectivity index is 1.88. The maximum absolute atomic E-state index is 11.9. The first-order chi connectivity index (χ1) is 10.6. The van der Waals surface area contributed by atoms with Crippen molar-refractivity contribution < 1.29 is 4.79 Å². The molecule has 2 rings (SSSR count). The lowest BCUT2D eigenvalue weighted by Crippen LogP contribution is -2.17. The highest BCUT2D eigenvalue weighted by atomic mass is 35.5. The van der Waals surface area contributed by atoms with Gasteiger partial charge in [-0.15, -0.1) is 0 Å². The molecule has 0 aliphatic carbocycles. The molecule has 7 heteroatoms. The zero-order chi connectivity index (χ0) is 15.9. The van der Waals surface area contributed by atoms with Gasteiger partial charge in [-0.2, -0.15) is 5.26 Å². The third kappa shape index (κ3) is 3.93. The van der Waals surface area contributed by atoms with Gasteiger partial charge in [0, 0.05) is 36.1 Å². The minimum atomic E-state index is -0.153. The van der Waals surface area contributed by atoms with Crippen molar-refractivity contribution in [3.63, 3.8) is 0 Å². The van der Waals surface area contributed by atoms with Crippen LogP contribution >= 0.6 is 11.6 Å². The van der Waals surface area contributed by atoms with Gasteiger partial charge in [-0.05, 0) is 24.6 Å². The number of aromatic nitrogens is 2. The van der Waals surface area contributed by atoms with Crippen LogP contribution in [-0.2, 0) is 4.79 Å². The summed E-state index contributed by atoms with van der Waals surface area (Å²) in [5.74, 6) is 0.219. The van der Waals surface area contributed by atoms with Gasteiger partial charge < -0.3 is 10.6 Å². The molecule has 2 aromatic rings. The van der Waals surface area contributed by atoms with E-state index in [1.54, 1.807) is 18.2 Å². The minimum Gasteiger partial charge on any atom is -0.367 e. The second kappa shape index (κ2) is 7.38. The molecule has 0 saturated carbocycles. The summed E-state index contributed by atoms with van der Waals surface area (Å²) in [6.45, 7) is 2.19. The van der Waals surface area contributed by atoms with E-state index in [9.17, 15) is 4.79 Å². The summed E-state index contributed by atoms with van der Waals surface area (Å²) >= 11 is 6.01. The summed E-state index contributed by atoms with van der Waals surface area (Å²) in [5.41, 5.74) is 1.72. The topological polar surface area (TPSA) is 90.7 Å². The number of nitriles is 1. The van der Waals surface area contributed by atoms with E-state index in [0.29, 0.717) is 23.1 Å². The van der Waals surface area contributed by atoms with Crippen molar-refractivity contribution in [2.75, 3.05) is 17.2 Å². The fourth-order valence-corrected chi connectivity index (χ4v) is 1.97. The van der Waals surface area contributed by atoms with Gasteiger partial charge in [0.2, 0.25) is 5.91 Å². The first-order valence-corrected chi connectivity index (χ1v) is 6.99. The first kappa shape index (κ1) is 15.7. The van der Waals surface area contributed by atoms with Crippen LogP contribution in [0.2, 0.25) is 5.02 Å². The van der Waals surface area contributed by atoms with Gasteiger partial charge in [0.05, 0.1) is 0 Å². The molecule has 1 amide bonds. The lowest BCUT2D eigenvalue weighted by molar-refractivity contribution is -0.115. The van der Waals surface area contributed by atoms with Crippen LogP contribution in [0.5, 0.6) is 0 Å². The third-order valence-corrected chi connectivity index (χ3v) is 3.40. The average molecular weight is 316 g/mol. The normalized spacial score (nSPS) is 9.86. The van der Waals surface area contributed by atoms with Gasteiger partial charge in [0.25, 0.3) is 0 Å². The molecule has 0 atom stereocenters. The number of anilines is 2. The predicted molar refractivity (Wildman–Crippen MR) is 84.7 cm³/mol. The van der Waals surface area contributed by atoms with Gasteiger partial charge >= 0.3 is 0 Å². The summed E-state index contributed by atoms with van der Waals surface area (Å²) in [5, 5.41) is 15.2. The Labute approximate surface area is 133 Å². The number of carbonyl (C=O) groups excluding carboxylic acids is 1. The van der Waals surface area contributed by atoms with Crippen molar-refractivity contribution in [2.24, 2.45) is 0 Å². The Morgan fingerprint density at radius 3 is 2.91 bits per heavy atom. The molecule has 6 nitrogen and oxygen atoms in total. The molecule has 112 valence electrons. The van der Waals surface area contributed by atoms with Crippen molar-refractivity contribution in [1.29, 1.82) is 5.26 Å². The molecule has 0 fully saturated rings. The zero-order valence-electron chi connectivity index (χ0n) is 11.9. The SMILES string of the molecule is Cc1c(Cl)cccc1NC(=O)CCNc1nccnc1C#N. The Morgan fingerprint density at radius 2 is 2.14 bits per heavy atom. The number of rotatable bonds is 5. The van der Waals surface area contributed by atoms with Crippen molar-refractivity contribution in [1.82, 2.24) is 9.97 Å². The van der Waals surface area contributed by atoms with E-state index < -0.39 is 0 Å². The van der Waals surface area contributed by atoms with Gasteiger partial charge in [0.1, 0.15) is 6.07 Å². The summed E-state index contributed by atoms with van der Waals surface area (Å²) in [7, 11) is 0. The van der Waals surface area contributed by atoms with Crippen LogP contribution in [0, 0.1) is 18.3 Å². The van der Waals surface area contributed by atoms with E-state index in [2.05, 4.69) is 20.6 Å². The van der Waals surface area contributed by atoms with E-state index in [1.165, 1.54) is 12.4 Å². The molecule has 22 heavy (non-hydrogen) atoms. The molecule has 0 saturated heterocycles. The molecule has 1 aromatic carbocycles. The minimum absolute atomic E-state index is 0.153. The predicted octanol–water partition coefficient (Wildman–Crippen LogP) is 2.75. The third-order valence-electron chi connectivity index (χ3n) is 2.99. The fraction of sp³-hybridized carbons (Fsp3) is 0.200. The van der Waals surface area contributed by atoms with E-state index >= 15 is 0 Å². The Kier molecular flexibility index (Phi) is 5.28. The molecule has 0 spiro atoms. The maximum atomic E-state index is 11.9. The molecular weight excluding hydrogens is 302 g/mol. The van der Waals surface area contributed by atoms with Gasteiger partial charge in [-0.1, -0.05) is 17.7 Å². The highest BCUT2D eigenvalue weighted by molar-refractivity contribution is 6.31. The number of benzene rings is 1. The summed E-state index contributed by atoms with van der Waals surface area (Å²) in [4.78, 5) is 19.8. The Hall–Kier alpha value is -2.65. The van der Waals surface area contributed by atoms with Gasteiger partial charge in [-0.25, -0.2) is 9.97 Å². The molecule has 1 heterocycles. The molecule has 0 aliphatic heterocycles. The number of hydrogen-bond acceptors (Lipinski definition) is 5. The van der Waals surface area contributed by atoms with Crippen LogP contribution in [0.3, 0.4) is 0 Å². The quantitative estimate of drug-likeness (QED) is 0.885. The average Bonchev–Trinajstić information content (AvgIpc) is 2.52. The molecular formula is C15H14ClN5O. The highest BCUT2D eigenvalue weighted by Gasteiger charge is 2.08. The maximum Gasteiger partial charge on any atom is 0.226 e. The van der Waals surface area contributed by atoms with E-state index in [-0.39, 0.29) is 18.0 Å². The lowest BCUT2D eigenvalue weighted by Gasteiger charge is -2.10. The summed E-state index contributed by atoms with van der Waals surface area (Å²) in [6, 6.07) is 7.28. The smallest absolute Gasteiger partial charge is 0.226 e. The van der Waals surface area contributed by atoms with E-state index in [4.69, 9.17) is 16.9 Å². The van der Waals surface area contributed by atoms with Crippen LogP contribution in [-0.4, -0.2) is 22.4 Å². The highest BCUT2D eigenvalue weighted by Crippen LogP contribution is 2.22. The molecule has 2 N–H and O–H groups in total. The van der Waals surface area contributed by atoms with Gasteiger partial charge in [-0.3, -0.25) is 4.79 Å².